The quantitative estimate of drug-likeness (QED) is 0.0844. The van der Waals surface area contributed by atoms with Gasteiger partial charge >= 0.3 is 18.1 Å². The molecule has 4 aromatic carbocycles. The summed E-state index contributed by atoms with van der Waals surface area (Å²) in [4.78, 5) is 53.8. The Hall–Kier alpha value is -5.97. The van der Waals surface area contributed by atoms with Gasteiger partial charge in [-0.15, -0.1) is 0 Å². The average molecular weight is 709 g/mol. The van der Waals surface area contributed by atoms with Crippen LogP contribution in [-0.2, 0) is 31.9 Å². The van der Waals surface area contributed by atoms with Crippen LogP contribution in [0.1, 0.15) is 56.3 Å². The van der Waals surface area contributed by atoms with E-state index in [1.54, 1.807) is 47.4 Å². The van der Waals surface area contributed by atoms with E-state index in [9.17, 15) is 32.3 Å². The first-order valence-electron chi connectivity index (χ1n) is 16.8. The van der Waals surface area contributed by atoms with Crippen molar-refractivity contribution >= 4 is 46.0 Å². The van der Waals surface area contributed by atoms with Gasteiger partial charge in [0.1, 0.15) is 0 Å². The molecule has 0 saturated heterocycles. The third-order valence-electron chi connectivity index (χ3n) is 8.87. The van der Waals surface area contributed by atoms with E-state index in [0.29, 0.717) is 42.8 Å². The van der Waals surface area contributed by atoms with Crippen LogP contribution in [0.15, 0.2) is 109 Å². The van der Waals surface area contributed by atoms with Crippen molar-refractivity contribution in [2.24, 2.45) is 0 Å². The summed E-state index contributed by atoms with van der Waals surface area (Å²) in [6.07, 6.45) is -0.547. The van der Waals surface area contributed by atoms with Crippen molar-refractivity contribution in [3.63, 3.8) is 0 Å². The lowest BCUT2D eigenvalue weighted by atomic mass is 10.0. The predicted molar refractivity (Wildman–Crippen MR) is 191 cm³/mol. The number of halogens is 3. The maximum absolute atomic E-state index is 13.4. The minimum Gasteiger partial charge on any atom is -0.462 e. The highest BCUT2D eigenvalue weighted by Crippen LogP contribution is 2.34. The van der Waals surface area contributed by atoms with Gasteiger partial charge < -0.3 is 19.3 Å². The molecular formula is C41H35F3N2O6. The smallest absolute Gasteiger partial charge is 0.454 e. The van der Waals surface area contributed by atoms with E-state index >= 15 is 0 Å². The van der Waals surface area contributed by atoms with E-state index in [1.807, 2.05) is 47.5 Å². The minimum atomic E-state index is -5.04. The van der Waals surface area contributed by atoms with E-state index in [4.69, 9.17) is 9.47 Å². The van der Waals surface area contributed by atoms with E-state index in [-0.39, 0.29) is 36.5 Å². The molecule has 0 saturated carbocycles. The van der Waals surface area contributed by atoms with Gasteiger partial charge in [0.05, 0.1) is 29.9 Å². The summed E-state index contributed by atoms with van der Waals surface area (Å²) in [5, 5.41) is 0. The topological polar surface area (TPSA) is 93.2 Å². The number of anilines is 2. The normalized spacial score (nSPS) is 14.2. The Labute approximate surface area is 298 Å². The zero-order valence-corrected chi connectivity index (χ0v) is 28.3. The Balaban J connectivity index is 1.01. The molecular weight excluding hydrogens is 673 g/mol. The third-order valence-corrected chi connectivity index (χ3v) is 8.87. The Bertz CT molecular complexity index is 2060. The van der Waals surface area contributed by atoms with Crippen LogP contribution in [0.3, 0.4) is 0 Å². The van der Waals surface area contributed by atoms with Crippen LogP contribution in [0.5, 0.6) is 0 Å². The van der Waals surface area contributed by atoms with Crippen molar-refractivity contribution in [2.45, 2.75) is 32.4 Å². The van der Waals surface area contributed by atoms with Gasteiger partial charge in [-0.1, -0.05) is 60.7 Å². The lowest BCUT2D eigenvalue weighted by molar-refractivity contribution is -0.164. The predicted octanol–water partition coefficient (Wildman–Crippen LogP) is 7.62. The number of fused-ring (bicyclic) bond motifs is 2. The molecule has 0 spiro atoms. The van der Waals surface area contributed by atoms with Gasteiger partial charge in [-0.25, -0.2) is 9.59 Å². The van der Waals surface area contributed by atoms with Gasteiger partial charge in [0.15, 0.2) is 5.78 Å². The molecule has 4 aromatic rings. The number of rotatable bonds is 12. The maximum atomic E-state index is 13.4. The molecule has 0 aromatic heterocycles. The van der Waals surface area contributed by atoms with Gasteiger partial charge in [-0.2, -0.15) is 13.2 Å². The second-order valence-electron chi connectivity index (χ2n) is 12.4. The first-order valence-corrected chi connectivity index (χ1v) is 16.8. The second-order valence-corrected chi connectivity index (χ2v) is 12.4. The molecule has 0 fully saturated rings. The summed E-state index contributed by atoms with van der Waals surface area (Å²) in [5.74, 6) is -3.06. The van der Waals surface area contributed by atoms with Crippen molar-refractivity contribution in [3.8, 4) is 0 Å². The molecule has 0 bridgehead atoms. The largest absolute Gasteiger partial charge is 0.462 e. The van der Waals surface area contributed by atoms with Crippen molar-refractivity contribution in [2.75, 3.05) is 36.1 Å². The van der Waals surface area contributed by atoms with E-state index in [2.05, 4.69) is 0 Å². The monoisotopic (exact) mass is 708 g/mol. The summed E-state index contributed by atoms with van der Waals surface area (Å²) in [7, 11) is 0. The number of allylic oxidation sites excluding steroid dienone is 2. The molecule has 8 nitrogen and oxygen atoms in total. The number of hydrogen-bond donors (Lipinski definition) is 0. The van der Waals surface area contributed by atoms with E-state index in [1.165, 1.54) is 31.3 Å². The Morgan fingerprint density at radius 1 is 0.635 bits per heavy atom. The number of ether oxygens (including phenoxy) is 2. The second kappa shape index (κ2) is 15.5. The van der Waals surface area contributed by atoms with Crippen LogP contribution in [-0.4, -0.2) is 56.0 Å². The lowest BCUT2D eigenvalue weighted by Gasteiger charge is -2.18. The molecule has 52 heavy (non-hydrogen) atoms. The molecule has 2 heterocycles. The number of carbonyl (C=O) groups excluding carboxylic acids is 4. The number of benzene rings is 4. The van der Waals surface area contributed by atoms with Crippen LogP contribution in [0.25, 0.3) is 11.1 Å². The van der Waals surface area contributed by atoms with Crippen molar-refractivity contribution in [3.05, 3.63) is 143 Å². The third kappa shape index (κ3) is 8.15. The number of ketones is 2. The molecule has 0 aliphatic carbocycles. The molecule has 11 heteroatoms. The Morgan fingerprint density at radius 2 is 1.08 bits per heavy atom. The zero-order chi connectivity index (χ0) is 36.8. The fourth-order valence-corrected chi connectivity index (χ4v) is 6.26. The zero-order valence-electron chi connectivity index (χ0n) is 28.3. The molecule has 0 atom stereocenters. The number of alkyl halides is 3. The number of nitrogens with zero attached hydrogens (tertiary/aromatic N) is 2. The molecule has 2 aliphatic rings. The van der Waals surface area contributed by atoms with Crippen molar-refractivity contribution < 1.29 is 41.8 Å². The molecule has 2 aliphatic heterocycles. The van der Waals surface area contributed by atoms with Gasteiger partial charge in [0, 0.05) is 48.9 Å². The Kier molecular flexibility index (Phi) is 10.7. The van der Waals surface area contributed by atoms with Gasteiger partial charge in [-0.3, -0.25) is 9.59 Å². The molecule has 0 radical (unpaired) electrons. The molecule has 266 valence electrons. The minimum absolute atomic E-state index is 0.00340. The number of esters is 2. The first kappa shape index (κ1) is 35.8. The van der Waals surface area contributed by atoms with Crippen molar-refractivity contribution in [1.82, 2.24) is 0 Å². The SMILES string of the molecule is CC(=O)/C(=C\N1CCc2cc(C(=O)OCCCOC(=O)c3ccc4c(c3)CCN4/C=C(\C(=O)C(F)(F)F)c3ccccc3)ccc21)c1ccccc1. The Morgan fingerprint density at radius 3 is 1.52 bits per heavy atom. The van der Waals surface area contributed by atoms with Crippen LogP contribution in [0, 0.1) is 0 Å². The van der Waals surface area contributed by atoms with Crippen LogP contribution >= 0.6 is 0 Å². The average Bonchev–Trinajstić information content (AvgIpc) is 3.75. The standard InChI is InChI=1S/C41H35F3N2O6/c1-27(47)34(28-9-4-2-5-10-28)25-45-19-17-30-23-32(13-15-36(30)45)39(49)51-21-8-22-52-40(50)33-14-16-37-31(24-33)18-20-46(37)26-35(38(48)41(42,43)44)29-11-6-3-7-12-29/h2-7,9-16,23-26H,8,17-22H2,1H3/b34-25+,35-26-. The van der Waals surface area contributed by atoms with Crippen LogP contribution in [0.2, 0.25) is 0 Å². The molecule has 0 unspecified atom stereocenters. The van der Waals surface area contributed by atoms with E-state index < -0.39 is 29.5 Å². The molecule has 6 rings (SSSR count). The number of hydrogen-bond acceptors (Lipinski definition) is 8. The van der Waals surface area contributed by atoms with Gasteiger partial charge in [-0.05, 0) is 78.4 Å². The fourth-order valence-electron chi connectivity index (χ4n) is 6.26. The summed E-state index contributed by atoms with van der Waals surface area (Å²) in [5.41, 5.74) is 5.01. The summed E-state index contributed by atoms with van der Waals surface area (Å²) >= 11 is 0. The number of Topliss-reactive ketones (excluding diaryl/α,β-unsaturated/α-hetero) is 2. The van der Waals surface area contributed by atoms with Crippen molar-refractivity contribution in [1.29, 1.82) is 0 Å². The highest BCUT2D eigenvalue weighted by atomic mass is 19.4. The molecule has 0 N–H and O–H groups in total. The van der Waals surface area contributed by atoms with Gasteiger partial charge in [0.2, 0.25) is 0 Å². The first-order chi connectivity index (χ1) is 25.0. The highest BCUT2D eigenvalue weighted by Gasteiger charge is 2.41. The van der Waals surface area contributed by atoms with Crippen LogP contribution < -0.4 is 9.80 Å². The van der Waals surface area contributed by atoms with Gasteiger partial charge in [0.25, 0.3) is 5.78 Å². The maximum Gasteiger partial charge on any atom is 0.454 e. The number of carbonyl (C=O) groups is 4. The van der Waals surface area contributed by atoms with E-state index in [0.717, 1.165) is 22.4 Å². The molecule has 0 amide bonds. The fraction of sp³-hybridized carbons (Fsp3) is 0.220. The summed E-state index contributed by atoms with van der Waals surface area (Å²) < 4.78 is 51.1. The lowest BCUT2D eigenvalue weighted by Crippen LogP contribution is -2.26. The summed E-state index contributed by atoms with van der Waals surface area (Å²) in [6.45, 7) is 2.57. The summed E-state index contributed by atoms with van der Waals surface area (Å²) in [6, 6.07) is 27.2. The van der Waals surface area contributed by atoms with Crippen LogP contribution in [0.4, 0.5) is 24.5 Å². The highest BCUT2D eigenvalue weighted by molar-refractivity contribution is 6.23.